The van der Waals surface area contributed by atoms with E-state index in [-0.39, 0.29) is 24.0 Å². The summed E-state index contributed by atoms with van der Waals surface area (Å²) in [6.45, 7) is 10.4. The Hall–Kier alpha value is -1.31. The first-order valence-electron chi connectivity index (χ1n) is 8.96. The normalized spacial score (nSPS) is 14.4. The topological polar surface area (TPSA) is 56.7 Å². The van der Waals surface area contributed by atoms with Crippen molar-refractivity contribution in [3.63, 3.8) is 0 Å². The monoisotopic (exact) mass is 458 g/mol. The van der Waals surface area contributed by atoms with Crippen LogP contribution in [0.2, 0.25) is 0 Å². The molecule has 0 aliphatic carbocycles. The molecule has 0 bridgehead atoms. The summed E-state index contributed by atoms with van der Waals surface area (Å²) in [5.74, 6) is 1.13. The molecule has 0 unspecified atom stereocenters. The minimum Gasteiger partial charge on any atom is -0.357 e. The van der Waals surface area contributed by atoms with Crippen LogP contribution in [0.15, 0.2) is 23.2 Å². The maximum Gasteiger partial charge on any atom is 0.222 e. The molecule has 140 valence electrons. The fourth-order valence-electron chi connectivity index (χ4n) is 2.95. The number of nitrogens with one attached hydrogen (secondary N) is 2. The Balaban J connectivity index is 0.00000312. The number of rotatable bonds is 7. The molecule has 1 fully saturated rings. The van der Waals surface area contributed by atoms with Gasteiger partial charge in [0.05, 0.1) is 6.54 Å². The lowest BCUT2D eigenvalue weighted by Gasteiger charge is -2.16. The summed E-state index contributed by atoms with van der Waals surface area (Å²) >= 11 is 0. The fourth-order valence-corrected chi connectivity index (χ4v) is 2.95. The molecule has 1 aromatic rings. The van der Waals surface area contributed by atoms with Crippen LogP contribution in [-0.2, 0) is 11.3 Å². The van der Waals surface area contributed by atoms with Crippen LogP contribution < -0.4 is 10.6 Å². The molecule has 0 aromatic heterocycles. The van der Waals surface area contributed by atoms with Crippen molar-refractivity contribution >= 4 is 35.8 Å². The molecule has 1 heterocycles. The van der Waals surface area contributed by atoms with E-state index in [9.17, 15) is 4.79 Å². The van der Waals surface area contributed by atoms with E-state index < -0.39 is 0 Å². The van der Waals surface area contributed by atoms with E-state index in [2.05, 4.69) is 54.6 Å². The van der Waals surface area contributed by atoms with Gasteiger partial charge in [0.25, 0.3) is 0 Å². The second-order valence-electron chi connectivity index (χ2n) is 6.39. The van der Waals surface area contributed by atoms with Gasteiger partial charge in [-0.05, 0) is 44.7 Å². The van der Waals surface area contributed by atoms with E-state index in [0.717, 1.165) is 45.0 Å². The number of aliphatic imine (C=N–C) groups is 1. The van der Waals surface area contributed by atoms with Gasteiger partial charge in [-0.25, -0.2) is 4.99 Å². The van der Waals surface area contributed by atoms with Gasteiger partial charge >= 0.3 is 0 Å². The Labute approximate surface area is 168 Å². The third-order valence-electron chi connectivity index (χ3n) is 4.32. The summed E-state index contributed by atoms with van der Waals surface area (Å²) in [6, 6.07) is 6.47. The largest absolute Gasteiger partial charge is 0.357 e. The molecule has 6 heteroatoms. The van der Waals surface area contributed by atoms with Crippen LogP contribution in [-0.4, -0.2) is 42.9 Å². The molecule has 1 saturated heterocycles. The van der Waals surface area contributed by atoms with Gasteiger partial charge in [-0.2, -0.15) is 0 Å². The summed E-state index contributed by atoms with van der Waals surface area (Å²) < 4.78 is 0. The molecule has 2 N–H and O–H groups in total. The molecule has 0 saturated carbocycles. The number of benzene rings is 1. The number of likely N-dealkylation sites (tertiary alicyclic amines) is 1. The van der Waals surface area contributed by atoms with E-state index in [1.54, 1.807) is 0 Å². The molecule has 0 radical (unpaired) electrons. The predicted octanol–water partition coefficient (Wildman–Crippen LogP) is 2.99. The SMILES string of the molecule is CCNC(=NCc1ccc(C)cc1C)NCCCN1CCCC1=O.I. The summed E-state index contributed by atoms with van der Waals surface area (Å²) in [6.07, 6.45) is 2.67. The zero-order valence-corrected chi connectivity index (χ0v) is 17.9. The maximum atomic E-state index is 11.6. The molecule has 2 rings (SSSR count). The second kappa shape index (κ2) is 11.3. The van der Waals surface area contributed by atoms with Crippen LogP contribution in [0.3, 0.4) is 0 Å². The van der Waals surface area contributed by atoms with Crippen LogP contribution in [0.5, 0.6) is 0 Å². The zero-order valence-electron chi connectivity index (χ0n) is 15.6. The van der Waals surface area contributed by atoms with E-state index >= 15 is 0 Å². The average molecular weight is 458 g/mol. The number of hydrogen-bond acceptors (Lipinski definition) is 2. The minimum atomic E-state index is 0. The first-order chi connectivity index (χ1) is 11.6. The number of carbonyl (C=O) groups is 1. The highest BCUT2D eigenvalue weighted by molar-refractivity contribution is 14.0. The number of halogens is 1. The third kappa shape index (κ3) is 7.22. The van der Waals surface area contributed by atoms with Gasteiger partial charge < -0.3 is 15.5 Å². The summed E-state index contributed by atoms with van der Waals surface area (Å²) in [5.41, 5.74) is 3.81. The Morgan fingerprint density at radius 1 is 1.28 bits per heavy atom. The third-order valence-corrected chi connectivity index (χ3v) is 4.32. The second-order valence-corrected chi connectivity index (χ2v) is 6.39. The predicted molar refractivity (Wildman–Crippen MR) is 115 cm³/mol. The van der Waals surface area contributed by atoms with Crippen molar-refractivity contribution in [1.29, 1.82) is 0 Å². The number of carbonyl (C=O) groups excluding carboxylic acids is 1. The van der Waals surface area contributed by atoms with Gasteiger partial charge in [-0.3, -0.25) is 4.79 Å². The lowest BCUT2D eigenvalue weighted by atomic mass is 10.1. The molecule has 25 heavy (non-hydrogen) atoms. The first kappa shape index (κ1) is 21.7. The highest BCUT2D eigenvalue weighted by Crippen LogP contribution is 2.11. The molecule has 1 aliphatic heterocycles. The summed E-state index contributed by atoms with van der Waals surface area (Å²) in [5, 5.41) is 6.64. The maximum absolute atomic E-state index is 11.6. The van der Waals surface area contributed by atoms with E-state index in [1.165, 1.54) is 16.7 Å². The van der Waals surface area contributed by atoms with Crippen molar-refractivity contribution in [2.45, 2.75) is 46.6 Å². The van der Waals surface area contributed by atoms with Gasteiger partial charge in [0.15, 0.2) is 5.96 Å². The number of amides is 1. The molecule has 0 atom stereocenters. The van der Waals surface area contributed by atoms with Crippen LogP contribution >= 0.6 is 24.0 Å². The quantitative estimate of drug-likeness (QED) is 0.286. The van der Waals surface area contributed by atoms with Gasteiger partial charge in [0.2, 0.25) is 5.91 Å². The van der Waals surface area contributed by atoms with E-state index in [0.29, 0.717) is 18.9 Å². The standard InChI is InChI=1S/C19H30N4O.HI/c1-4-20-19(21-10-6-12-23-11-5-7-18(23)24)22-14-17-9-8-15(2)13-16(17)3;/h8-9,13H,4-7,10-12,14H2,1-3H3,(H2,20,21,22);1H. The molecular weight excluding hydrogens is 427 g/mol. The lowest BCUT2D eigenvalue weighted by molar-refractivity contribution is -0.127. The van der Waals surface area contributed by atoms with Gasteiger partial charge in [0, 0.05) is 32.6 Å². The highest BCUT2D eigenvalue weighted by atomic mass is 127. The number of aryl methyl sites for hydroxylation is 2. The van der Waals surface area contributed by atoms with E-state index in [4.69, 9.17) is 0 Å². The number of nitrogens with zero attached hydrogens (tertiary/aromatic N) is 2. The van der Waals surface area contributed by atoms with Crippen molar-refractivity contribution in [2.24, 2.45) is 4.99 Å². The van der Waals surface area contributed by atoms with Gasteiger partial charge in [0.1, 0.15) is 0 Å². The summed E-state index contributed by atoms with van der Waals surface area (Å²) in [7, 11) is 0. The Bertz CT molecular complexity index is 589. The van der Waals surface area contributed by atoms with Crippen LogP contribution in [0.25, 0.3) is 0 Å². The molecule has 5 nitrogen and oxygen atoms in total. The average Bonchev–Trinajstić information content (AvgIpc) is 2.95. The zero-order chi connectivity index (χ0) is 17.4. The fraction of sp³-hybridized carbons (Fsp3) is 0.579. The van der Waals surface area contributed by atoms with Crippen LogP contribution in [0.1, 0.15) is 42.9 Å². The van der Waals surface area contributed by atoms with Crippen LogP contribution in [0.4, 0.5) is 0 Å². The molecule has 1 amide bonds. The Morgan fingerprint density at radius 2 is 2.08 bits per heavy atom. The number of guanidine groups is 1. The lowest BCUT2D eigenvalue weighted by Crippen LogP contribution is -2.39. The Kier molecular flexibility index (Phi) is 9.85. The van der Waals surface area contributed by atoms with E-state index in [1.807, 2.05) is 4.90 Å². The molecule has 1 aliphatic rings. The van der Waals surface area contributed by atoms with Crippen molar-refractivity contribution < 1.29 is 4.79 Å². The van der Waals surface area contributed by atoms with Crippen LogP contribution in [0, 0.1) is 13.8 Å². The van der Waals surface area contributed by atoms with Crippen molar-refractivity contribution in [3.8, 4) is 0 Å². The molecular formula is C19H31IN4O. The minimum absolute atomic E-state index is 0. The first-order valence-corrected chi connectivity index (χ1v) is 8.96. The molecule has 0 spiro atoms. The highest BCUT2D eigenvalue weighted by Gasteiger charge is 2.18. The number of hydrogen-bond donors (Lipinski definition) is 2. The van der Waals surface area contributed by atoms with Crippen molar-refractivity contribution in [3.05, 3.63) is 34.9 Å². The molecule has 1 aromatic carbocycles. The smallest absolute Gasteiger partial charge is 0.222 e. The van der Waals surface area contributed by atoms with Gasteiger partial charge in [-0.15, -0.1) is 24.0 Å². The Morgan fingerprint density at radius 3 is 2.72 bits per heavy atom. The van der Waals surface area contributed by atoms with Gasteiger partial charge in [-0.1, -0.05) is 23.8 Å². The van der Waals surface area contributed by atoms with Crippen molar-refractivity contribution in [2.75, 3.05) is 26.2 Å². The van der Waals surface area contributed by atoms with Crippen molar-refractivity contribution in [1.82, 2.24) is 15.5 Å². The summed E-state index contributed by atoms with van der Waals surface area (Å²) in [4.78, 5) is 18.2.